The number of nitrogens with one attached hydrogen (secondary N) is 1. The fourth-order valence-electron chi connectivity index (χ4n) is 4.18. The van der Waals surface area contributed by atoms with Gasteiger partial charge in [0.1, 0.15) is 5.82 Å². The molecule has 6 nitrogen and oxygen atoms in total. The minimum Gasteiger partial charge on any atom is -0.387 e. The maximum Gasteiger partial charge on any atom is 0.417 e. The average molecular weight is 485 g/mol. The number of amides is 1. The molecule has 3 aromatic rings. The molecule has 0 bridgehead atoms. The Morgan fingerprint density at radius 3 is 2.43 bits per heavy atom. The van der Waals surface area contributed by atoms with Gasteiger partial charge in [0.15, 0.2) is 0 Å². The van der Waals surface area contributed by atoms with Gasteiger partial charge in [-0.15, -0.1) is 0 Å². The summed E-state index contributed by atoms with van der Waals surface area (Å²) in [4.78, 5) is 21.2. The maximum absolute atomic E-state index is 13.2. The summed E-state index contributed by atoms with van der Waals surface area (Å²) in [6.07, 6.45) is -2.82. The first-order valence-corrected chi connectivity index (χ1v) is 11.5. The Kier molecular flexibility index (Phi) is 7.67. The summed E-state index contributed by atoms with van der Waals surface area (Å²) in [5, 5.41) is 13.0. The van der Waals surface area contributed by atoms with Crippen molar-refractivity contribution in [3.8, 4) is 0 Å². The van der Waals surface area contributed by atoms with Crippen molar-refractivity contribution in [2.75, 3.05) is 42.9 Å². The van der Waals surface area contributed by atoms with Crippen molar-refractivity contribution in [3.05, 3.63) is 89.6 Å². The molecular formula is C26H27F3N4O2. The third-order valence-corrected chi connectivity index (χ3v) is 6.01. The first kappa shape index (κ1) is 24.7. The quantitative estimate of drug-likeness (QED) is 0.535. The Labute approximate surface area is 202 Å². The molecule has 2 aromatic carbocycles. The molecule has 4 rings (SSSR count). The van der Waals surface area contributed by atoms with Crippen LogP contribution in [0.2, 0.25) is 0 Å². The van der Waals surface area contributed by atoms with Gasteiger partial charge >= 0.3 is 6.18 Å². The standard InChI is InChI=1S/C26H27F3N4O2/c27-26(28,29)22-10-5-4-9-21(22)25(35)31-20-11-12-24(30-17-20)33-14-6-13-32(15-16-33)18-23(34)19-7-2-1-3-8-19/h1-5,7-12,17,23,34H,6,13-16,18H2,(H,31,35). The van der Waals surface area contributed by atoms with Crippen LogP contribution in [0.1, 0.15) is 34.0 Å². The number of hydrogen-bond donors (Lipinski definition) is 2. The number of aromatic nitrogens is 1. The zero-order valence-electron chi connectivity index (χ0n) is 19.1. The van der Waals surface area contributed by atoms with Crippen LogP contribution < -0.4 is 10.2 Å². The average Bonchev–Trinajstić information content (AvgIpc) is 3.10. The Morgan fingerprint density at radius 1 is 0.971 bits per heavy atom. The highest BCUT2D eigenvalue weighted by atomic mass is 19.4. The topological polar surface area (TPSA) is 68.7 Å². The van der Waals surface area contributed by atoms with Crippen LogP contribution >= 0.6 is 0 Å². The van der Waals surface area contributed by atoms with Crippen LogP contribution in [0.3, 0.4) is 0 Å². The molecule has 2 heterocycles. The summed E-state index contributed by atoms with van der Waals surface area (Å²) >= 11 is 0. The summed E-state index contributed by atoms with van der Waals surface area (Å²) in [5.74, 6) is -0.112. The van der Waals surface area contributed by atoms with E-state index in [4.69, 9.17) is 0 Å². The second kappa shape index (κ2) is 10.9. The summed E-state index contributed by atoms with van der Waals surface area (Å²) in [5.41, 5.74) is -0.202. The highest BCUT2D eigenvalue weighted by Gasteiger charge is 2.34. The van der Waals surface area contributed by atoms with Crippen molar-refractivity contribution >= 4 is 17.4 Å². The first-order valence-electron chi connectivity index (χ1n) is 11.5. The van der Waals surface area contributed by atoms with Gasteiger partial charge in [0.2, 0.25) is 0 Å². The number of aliphatic hydroxyl groups excluding tert-OH is 1. The second-order valence-corrected chi connectivity index (χ2v) is 8.47. The Balaban J connectivity index is 1.35. The van der Waals surface area contributed by atoms with E-state index in [1.54, 1.807) is 12.1 Å². The number of nitrogens with zero attached hydrogens (tertiary/aromatic N) is 3. The molecular weight excluding hydrogens is 457 g/mol. The zero-order valence-corrected chi connectivity index (χ0v) is 19.1. The van der Waals surface area contributed by atoms with Crippen LogP contribution in [-0.2, 0) is 6.18 Å². The van der Waals surface area contributed by atoms with E-state index in [9.17, 15) is 23.1 Å². The predicted octanol–water partition coefficient (Wildman–Crippen LogP) is 4.60. The maximum atomic E-state index is 13.2. The monoisotopic (exact) mass is 484 g/mol. The minimum atomic E-state index is -4.62. The van der Waals surface area contributed by atoms with Crippen molar-refractivity contribution in [1.29, 1.82) is 0 Å². The third-order valence-electron chi connectivity index (χ3n) is 6.01. The molecule has 1 aliphatic rings. The molecule has 0 aliphatic carbocycles. The van der Waals surface area contributed by atoms with Gasteiger partial charge in [-0.25, -0.2) is 4.98 Å². The molecule has 1 unspecified atom stereocenters. The Hall–Kier alpha value is -3.43. The Morgan fingerprint density at radius 2 is 1.71 bits per heavy atom. The van der Waals surface area contributed by atoms with Crippen LogP contribution in [0, 0.1) is 0 Å². The van der Waals surface area contributed by atoms with Gasteiger partial charge in [0.25, 0.3) is 5.91 Å². The Bertz CT molecular complexity index is 1120. The number of pyridine rings is 1. The lowest BCUT2D eigenvalue weighted by Gasteiger charge is -2.24. The second-order valence-electron chi connectivity index (χ2n) is 8.47. The van der Waals surface area contributed by atoms with Gasteiger partial charge in [-0.05, 0) is 36.2 Å². The number of rotatable bonds is 6. The lowest BCUT2D eigenvalue weighted by molar-refractivity contribution is -0.137. The van der Waals surface area contributed by atoms with Crippen molar-refractivity contribution in [1.82, 2.24) is 9.88 Å². The molecule has 0 spiro atoms. The number of anilines is 2. The molecule has 1 amide bonds. The molecule has 0 saturated carbocycles. The van der Waals surface area contributed by atoms with E-state index in [-0.39, 0.29) is 0 Å². The SMILES string of the molecule is O=C(Nc1ccc(N2CCCN(CC(O)c3ccccc3)CC2)nc1)c1ccccc1C(F)(F)F. The number of alkyl halides is 3. The minimum absolute atomic E-state index is 0.318. The number of carbonyl (C=O) groups excluding carboxylic acids is 1. The molecule has 2 N–H and O–H groups in total. The van der Waals surface area contributed by atoms with E-state index < -0.39 is 29.3 Å². The van der Waals surface area contributed by atoms with E-state index >= 15 is 0 Å². The van der Waals surface area contributed by atoms with Crippen LogP contribution in [0.4, 0.5) is 24.7 Å². The van der Waals surface area contributed by atoms with Gasteiger partial charge in [0, 0.05) is 32.7 Å². The number of carbonyl (C=O) groups is 1. The fraction of sp³-hybridized carbons (Fsp3) is 0.308. The van der Waals surface area contributed by atoms with E-state index in [1.807, 2.05) is 30.3 Å². The van der Waals surface area contributed by atoms with Crippen LogP contribution in [0.15, 0.2) is 72.9 Å². The van der Waals surface area contributed by atoms with Gasteiger partial charge in [0.05, 0.1) is 29.1 Å². The smallest absolute Gasteiger partial charge is 0.387 e. The highest BCUT2D eigenvalue weighted by Crippen LogP contribution is 2.32. The predicted molar refractivity (Wildman–Crippen MR) is 128 cm³/mol. The van der Waals surface area contributed by atoms with E-state index in [0.29, 0.717) is 12.2 Å². The van der Waals surface area contributed by atoms with Gasteiger partial charge in [-0.3, -0.25) is 9.69 Å². The third kappa shape index (κ3) is 6.37. The number of aliphatic hydroxyl groups is 1. The number of β-amino-alcohol motifs (C(OH)–C–C–N with tert-alkyl or cyclic N) is 1. The molecule has 1 atom stereocenters. The van der Waals surface area contributed by atoms with Crippen molar-refractivity contribution in [2.45, 2.75) is 18.7 Å². The number of halogens is 3. The summed E-state index contributed by atoms with van der Waals surface area (Å²) in [6, 6.07) is 17.7. The molecule has 184 valence electrons. The van der Waals surface area contributed by atoms with Crippen LogP contribution in [-0.4, -0.2) is 53.6 Å². The summed E-state index contributed by atoms with van der Waals surface area (Å²) < 4.78 is 39.6. The zero-order chi connectivity index (χ0) is 24.8. The number of benzene rings is 2. The van der Waals surface area contributed by atoms with Gasteiger partial charge in [-0.1, -0.05) is 42.5 Å². The van der Waals surface area contributed by atoms with Crippen LogP contribution in [0.5, 0.6) is 0 Å². The molecule has 1 aromatic heterocycles. The molecule has 0 radical (unpaired) electrons. The fourth-order valence-corrected chi connectivity index (χ4v) is 4.18. The molecule has 1 saturated heterocycles. The van der Waals surface area contributed by atoms with E-state index in [1.165, 1.54) is 18.3 Å². The lowest BCUT2D eigenvalue weighted by atomic mass is 10.1. The first-order chi connectivity index (χ1) is 16.8. The molecule has 1 fully saturated rings. The van der Waals surface area contributed by atoms with Crippen LogP contribution in [0.25, 0.3) is 0 Å². The van der Waals surface area contributed by atoms with Crippen molar-refractivity contribution in [2.24, 2.45) is 0 Å². The molecule has 35 heavy (non-hydrogen) atoms. The van der Waals surface area contributed by atoms with Gasteiger partial charge in [-0.2, -0.15) is 13.2 Å². The van der Waals surface area contributed by atoms with Crippen molar-refractivity contribution in [3.63, 3.8) is 0 Å². The van der Waals surface area contributed by atoms with Gasteiger partial charge < -0.3 is 15.3 Å². The van der Waals surface area contributed by atoms with Crippen molar-refractivity contribution < 1.29 is 23.1 Å². The summed E-state index contributed by atoms with van der Waals surface area (Å²) in [7, 11) is 0. The normalized spacial score (nSPS) is 15.9. The molecule has 1 aliphatic heterocycles. The number of hydrogen-bond acceptors (Lipinski definition) is 5. The molecule has 9 heteroatoms. The van der Waals surface area contributed by atoms with E-state index in [0.717, 1.165) is 56.1 Å². The van der Waals surface area contributed by atoms with E-state index in [2.05, 4.69) is 20.1 Å². The summed E-state index contributed by atoms with van der Waals surface area (Å²) in [6.45, 7) is 3.68. The largest absolute Gasteiger partial charge is 0.417 e. The highest BCUT2D eigenvalue weighted by molar-refractivity contribution is 6.05. The lowest BCUT2D eigenvalue weighted by Crippen LogP contribution is -2.33.